The Morgan fingerprint density at radius 3 is 1.66 bits per heavy atom. The molecule has 0 unspecified atom stereocenters. The molecule has 2 aliphatic heterocycles. The highest BCUT2D eigenvalue weighted by molar-refractivity contribution is 5.95. The normalized spacial score (nSPS) is 22.7. The lowest BCUT2D eigenvalue weighted by atomic mass is 10.0. The number of rotatable bonds is 8. The van der Waals surface area contributed by atoms with Crippen molar-refractivity contribution >= 4 is 29.6 Å². The molecule has 10 heteroatoms. The van der Waals surface area contributed by atoms with Gasteiger partial charge in [-0.05, 0) is 37.5 Å². The van der Waals surface area contributed by atoms with Crippen molar-refractivity contribution in [2.45, 2.75) is 84.5 Å². The number of nitrogens with zero attached hydrogens (tertiary/aromatic N) is 2. The largest absolute Gasteiger partial charge is 0.480 e. The van der Waals surface area contributed by atoms with Crippen LogP contribution in [-0.4, -0.2) is 81.8 Å². The van der Waals surface area contributed by atoms with E-state index < -0.39 is 42.0 Å². The number of hydrogen-bond acceptors (Lipinski definition) is 5. The first-order valence-electron chi connectivity index (χ1n) is 11.4. The summed E-state index contributed by atoms with van der Waals surface area (Å²) in [6.07, 6.45) is 2.10. The van der Waals surface area contributed by atoms with Crippen molar-refractivity contribution in [3.8, 4) is 0 Å². The van der Waals surface area contributed by atoms with Crippen molar-refractivity contribution in [2.75, 3.05) is 13.1 Å². The lowest BCUT2D eigenvalue weighted by Gasteiger charge is -2.33. The quantitative estimate of drug-likeness (QED) is 0.486. The lowest BCUT2D eigenvalue weighted by molar-refractivity contribution is -0.150. The monoisotopic (exact) mass is 452 g/mol. The molecule has 10 nitrogen and oxygen atoms in total. The number of amides is 4. The summed E-state index contributed by atoms with van der Waals surface area (Å²) < 4.78 is 0. The molecule has 4 atom stereocenters. The van der Waals surface area contributed by atoms with E-state index in [1.807, 2.05) is 13.8 Å². The number of hydrogen-bond donors (Lipinski definition) is 3. The van der Waals surface area contributed by atoms with Crippen LogP contribution in [0.15, 0.2) is 0 Å². The lowest BCUT2D eigenvalue weighted by Crippen LogP contribution is -2.59. The Morgan fingerprint density at radius 1 is 0.781 bits per heavy atom. The van der Waals surface area contributed by atoms with Crippen molar-refractivity contribution in [2.24, 2.45) is 11.8 Å². The molecule has 0 aromatic carbocycles. The van der Waals surface area contributed by atoms with Crippen LogP contribution in [0, 0.1) is 11.8 Å². The van der Waals surface area contributed by atoms with Gasteiger partial charge in [-0.3, -0.25) is 19.2 Å². The van der Waals surface area contributed by atoms with Gasteiger partial charge < -0.3 is 25.5 Å². The van der Waals surface area contributed by atoms with Crippen molar-refractivity contribution in [3.05, 3.63) is 0 Å². The highest BCUT2D eigenvalue weighted by atomic mass is 16.4. The Kier molecular flexibility index (Phi) is 8.63. The van der Waals surface area contributed by atoms with Gasteiger partial charge in [0.1, 0.15) is 24.2 Å². The number of carboxylic acids is 1. The van der Waals surface area contributed by atoms with Gasteiger partial charge in [0.15, 0.2) is 0 Å². The number of likely N-dealkylation sites (tertiary alicyclic amines) is 2. The molecule has 0 bridgehead atoms. The maximum Gasteiger partial charge on any atom is 0.326 e. The second-order valence-electron chi connectivity index (χ2n) is 9.37. The molecule has 0 aromatic rings. The molecule has 2 saturated heterocycles. The highest BCUT2D eigenvalue weighted by Crippen LogP contribution is 2.23. The van der Waals surface area contributed by atoms with E-state index in [1.165, 1.54) is 16.7 Å². The highest BCUT2D eigenvalue weighted by Gasteiger charge is 2.42. The summed E-state index contributed by atoms with van der Waals surface area (Å²) in [5, 5.41) is 14.9. The zero-order valence-corrected chi connectivity index (χ0v) is 19.6. The summed E-state index contributed by atoms with van der Waals surface area (Å²) in [7, 11) is 0. The van der Waals surface area contributed by atoms with Crippen LogP contribution in [0.3, 0.4) is 0 Å². The van der Waals surface area contributed by atoms with Crippen LogP contribution < -0.4 is 10.6 Å². The predicted octanol–water partition coefficient (Wildman–Crippen LogP) is 0.355. The fraction of sp³-hybridized carbons (Fsp3) is 0.773. The first kappa shape index (κ1) is 25.6. The predicted molar refractivity (Wildman–Crippen MR) is 116 cm³/mol. The Labute approximate surface area is 189 Å². The number of aliphatic carboxylic acids is 1. The van der Waals surface area contributed by atoms with Gasteiger partial charge in [-0.1, -0.05) is 27.7 Å². The molecular weight excluding hydrogens is 416 g/mol. The molecule has 180 valence electrons. The molecule has 0 aliphatic carbocycles. The average molecular weight is 453 g/mol. The summed E-state index contributed by atoms with van der Waals surface area (Å²) in [6, 6.07) is -3.23. The molecule has 0 aromatic heterocycles. The summed E-state index contributed by atoms with van der Waals surface area (Å²) in [5.41, 5.74) is 0. The molecule has 2 rings (SSSR count). The first-order chi connectivity index (χ1) is 15.0. The fourth-order valence-corrected chi connectivity index (χ4v) is 4.44. The summed E-state index contributed by atoms with van der Waals surface area (Å²) in [4.78, 5) is 65.2. The van der Waals surface area contributed by atoms with Crippen LogP contribution in [-0.2, 0) is 24.0 Å². The molecule has 2 fully saturated rings. The van der Waals surface area contributed by atoms with Gasteiger partial charge in [-0.2, -0.15) is 0 Å². The smallest absolute Gasteiger partial charge is 0.326 e. The van der Waals surface area contributed by atoms with Crippen LogP contribution in [0.5, 0.6) is 0 Å². The maximum absolute atomic E-state index is 13.1. The Bertz CT molecular complexity index is 753. The fourth-order valence-electron chi connectivity index (χ4n) is 4.44. The second-order valence-corrected chi connectivity index (χ2v) is 9.37. The van der Waals surface area contributed by atoms with Crippen LogP contribution in [0.1, 0.15) is 60.3 Å². The average Bonchev–Trinajstić information content (AvgIpc) is 3.38. The molecule has 3 N–H and O–H groups in total. The van der Waals surface area contributed by atoms with Crippen molar-refractivity contribution in [1.82, 2.24) is 20.4 Å². The Balaban J connectivity index is 2.15. The van der Waals surface area contributed by atoms with Gasteiger partial charge in [0.05, 0.1) is 0 Å². The van der Waals surface area contributed by atoms with E-state index in [0.717, 1.165) is 0 Å². The topological polar surface area (TPSA) is 136 Å². The minimum atomic E-state index is -1.05. The van der Waals surface area contributed by atoms with Crippen LogP contribution >= 0.6 is 0 Å². The van der Waals surface area contributed by atoms with Crippen LogP contribution in [0.2, 0.25) is 0 Å². The van der Waals surface area contributed by atoms with Gasteiger partial charge in [-0.25, -0.2) is 4.79 Å². The van der Waals surface area contributed by atoms with E-state index in [4.69, 9.17) is 0 Å². The summed E-state index contributed by atoms with van der Waals surface area (Å²) >= 11 is 0. The third kappa shape index (κ3) is 5.77. The van der Waals surface area contributed by atoms with Gasteiger partial charge in [0.25, 0.3) is 0 Å². The van der Waals surface area contributed by atoms with Crippen molar-refractivity contribution in [1.29, 1.82) is 0 Å². The standard InChI is InChI=1S/C22H36N4O6/c1-12(2)17(23-14(5)27)20(29)25-10-6-8-15(25)19(28)24-18(13(3)4)21(30)26-11-7-9-16(26)22(31)32/h12-13,15-18H,6-11H2,1-5H3,(H,23,27)(H,24,28)(H,31,32)/t15-,16-,17-,18-/m0/s1. The molecule has 0 saturated carbocycles. The van der Waals surface area contributed by atoms with Gasteiger partial charge in [0.2, 0.25) is 23.6 Å². The number of carboxylic acid groups (broad SMARTS) is 1. The van der Waals surface area contributed by atoms with Crippen molar-refractivity contribution < 1.29 is 29.1 Å². The summed E-state index contributed by atoms with van der Waals surface area (Å²) in [6.45, 7) is 9.31. The SMILES string of the molecule is CC(=O)N[C@H](C(=O)N1CCC[C@H]1C(=O)N[C@H](C(=O)N1CCC[C@H]1C(=O)O)C(C)C)C(C)C. The molecular formula is C22H36N4O6. The van der Waals surface area contributed by atoms with E-state index in [9.17, 15) is 29.1 Å². The maximum atomic E-state index is 13.1. The van der Waals surface area contributed by atoms with Gasteiger partial charge in [0, 0.05) is 20.0 Å². The molecule has 2 heterocycles. The minimum Gasteiger partial charge on any atom is -0.480 e. The number of nitrogens with one attached hydrogen (secondary N) is 2. The van der Waals surface area contributed by atoms with E-state index in [0.29, 0.717) is 38.8 Å². The first-order valence-corrected chi connectivity index (χ1v) is 11.4. The molecule has 32 heavy (non-hydrogen) atoms. The molecule has 4 amide bonds. The van der Waals surface area contributed by atoms with E-state index >= 15 is 0 Å². The second kappa shape index (κ2) is 10.8. The summed E-state index contributed by atoms with van der Waals surface area (Å²) in [5.74, 6) is -2.92. The Morgan fingerprint density at radius 2 is 1.22 bits per heavy atom. The van der Waals surface area contributed by atoms with E-state index in [1.54, 1.807) is 13.8 Å². The zero-order valence-electron chi connectivity index (χ0n) is 19.6. The third-order valence-corrected chi connectivity index (χ3v) is 6.18. The van der Waals surface area contributed by atoms with Crippen LogP contribution in [0.25, 0.3) is 0 Å². The molecule has 2 aliphatic rings. The van der Waals surface area contributed by atoms with Gasteiger partial charge in [-0.15, -0.1) is 0 Å². The third-order valence-electron chi connectivity index (χ3n) is 6.18. The van der Waals surface area contributed by atoms with E-state index in [-0.39, 0.29) is 23.7 Å². The van der Waals surface area contributed by atoms with Crippen molar-refractivity contribution in [3.63, 3.8) is 0 Å². The molecule has 0 radical (unpaired) electrons. The zero-order chi connectivity index (χ0) is 24.2. The number of carbonyl (C=O) groups excluding carboxylic acids is 4. The van der Waals surface area contributed by atoms with Gasteiger partial charge >= 0.3 is 5.97 Å². The number of carbonyl (C=O) groups is 5. The Hall–Kier alpha value is -2.65. The van der Waals surface area contributed by atoms with E-state index in [2.05, 4.69) is 10.6 Å². The minimum absolute atomic E-state index is 0.149. The molecule has 0 spiro atoms. The van der Waals surface area contributed by atoms with Crippen LogP contribution in [0.4, 0.5) is 0 Å².